The van der Waals surface area contributed by atoms with Gasteiger partial charge in [-0.05, 0) is 43.7 Å². The molecule has 0 spiro atoms. The van der Waals surface area contributed by atoms with E-state index in [2.05, 4.69) is 9.71 Å². The average Bonchev–Trinajstić information content (AvgIpc) is 2.99. The van der Waals surface area contributed by atoms with E-state index in [0.717, 1.165) is 16.6 Å². The number of aliphatic hydroxyl groups is 1. The fraction of sp³-hybridized carbons (Fsp3) is 0.278. The molecule has 2 aromatic carbocycles. The minimum atomic E-state index is -3.63. The number of nitrogens with one attached hydrogen (secondary N) is 1. The van der Waals surface area contributed by atoms with Crippen molar-refractivity contribution in [3.63, 3.8) is 0 Å². The zero-order valence-corrected chi connectivity index (χ0v) is 15.0. The van der Waals surface area contributed by atoms with Crippen molar-refractivity contribution in [1.29, 1.82) is 0 Å². The molecule has 1 atom stereocenters. The Kier molecular flexibility index (Phi) is 4.89. The highest BCUT2D eigenvalue weighted by Crippen LogP contribution is 2.23. The van der Waals surface area contributed by atoms with Crippen LogP contribution in [0, 0.1) is 0 Å². The van der Waals surface area contributed by atoms with Crippen LogP contribution in [0.5, 0.6) is 0 Å². The molecule has 3 rings (SSSR count). The quantitative estimate of drug-likeness (QED) is 0.708. The molecule has 0 radical (unpaired) electrons. The predicted molar refractivity (Wildman–Crippen MR) is 96.5 cm³/mol. The van der Waals surface area contributed by atoms with E-state index in [1.54, 1.807) is 37.3 Å². The van der Waals surface area contributed by atoms with Crippen LogP contribution in [-0.2, 0) is 23.2 Å². The van der Waals surface area contributed by atoms with Gasteiger partial charge in [0, 0.05) is 6.54 Å². The van der Waals surface area contributed by atoms with Crippen LogP contribution >= 0.6 is 0 Å². The van der Waals surface area contributed by atoms with Crippen molar-refractivity contribution >= 4 is 21.1 Å². The molecular formula is C18H21N3O3S. The van der Waals surface area contributed by atoms with Crippen LogP contribution in [0.3, 0.4) is 0 Å². The number of aliphatic hydroxyl groups excluding tert-OH is 1. The molecule has 0 aliphatic carbocycles. The third-order valence-corrected chi connectivity index (χ3v) is 5.67. The Labute approximate surface area is 147 Å². The molecule has 3 aromatic rings. The van der Waals surface area contributed by atoms with Crippen molar-refractivity contribution in [2.45, 2.75) is 37.9 Å². The van der Waals surface area contributed by atoms with Crippen LogP contribution in [0.15, 0.2) is 53.4 Å². The number of hydrogen-bond donors (Lipinski definition) is 2. The number of sulfonamides is 1. The highest BCUT2D eigenvalue weighted by molar-refractivity contribution is 7.89. The maximum atomic E-state index is 12.5. The lowest BCUT2D eigenvalue weighted by atomic mass is 10.2. The van der Waals surface area contributed by atoms with Crippen LogP contribution in [0.4, 0.5) is 0 Å². The summed E-state index contributed by atoms with van der Waals surface area (Å²) < 4.78 is 29.8. The fourth-order valence-corrected chi connectivity index (χ4v) is 4.12. The monoisotopic (exact) mass is 359 g/mol. The lowest BCUT2D eigenvalue weighted by molar-refractivity contribution is 0.282. The molecule has 1 unspecified atom stereocenters. The van der Waals surface area contributed by atoms with Crippen molar-refractivity contribution in [1.82, 2.24) is 14.3 Å². The summed E-state index contributed by atoms with van der Waals surface area (Å²) in [6.45, 7) is 4.37. The maximum absolute atomic E-state index is 12.5. The smallest absolute Gasteiger partial charge is 0.241 e. The highest BCUT2D eigenvalue weighted by Gasteiger charge is 2.22. The molecule has 1 heterocycles. The molecule has 132 valence electrons. The van der Waals surface area contributed by atoms with Crippen molar-refractivity contribution < 1.29 is 13.5 Å². The van der Waals surface area contributed by atoms with E-state index < -0.39 is 16.1 Å². The van der Waals surface area contributed by atoms with Crippen molar-refractivity contribution in [2.75, 3.05) is 0 Å². The number of aromatic nitrogens is 2. The summed E-state index contributed by atoms with van der Waals surface area (Å²) in [5, 5.41) is 9.33. The topological polar surface area (TPSA) is 84.2 Å². The Morgan fingerprint density at radius 3 is 2.56 bits per heavy atom. The molecule has 0 aliphatic rings. The lowest BCUT2D eigenvalue weighted by Crippen LogP contribution is -2.28. The molecule has 0 aliphatic heterocycles. The van der Waals surface area contributed by atoms with Gasteiger partial charge in [0.1, 0.15) is 5.82 Å². The van der Waals surface area contributed by atoms with Gasteiger partial charge < -0.3 is 9.67 Å². The molecule has 0 saturated carbocycles. The molecule has 0 amide bonds. The summed E-state index contributed by atoms with van der Waals surface area (Å²) in [6, 6.07) is 13.3. The first-order valence-electron chi connectivity index (χ1n) is 8.13. The number of fused-ring (bicyclic) bond motifs is 1. The van der Waals surface area contributed by atoms with Crippen LogP contribution in [0.2, 0.25) is 0 Å². The molecule has 2 N–H and O–H groups in total. The van der Waals surface area contributed by atoms with Crippen molar-refractivity contribution in [2.24, 2.45) is 0 Å². The Hall–Kier alpha value is -2.22. The number of aryl methyl sites for hydroxylation is 1. The summed E-state index contributed by atoms with van der Waals surface area (Å²) >= 11 is 0. The van der Waals surface area contributed by atoms with Gasteiger partial charge in [-0.3, -0.25) is 0 Å². The largest absolute Gasteiger partial charge is 0.392 e. The van der Waals surface area contributed by atoms with Gasteiger partial charge in [0.25, 0.3) is 0 Å². The molecule has 1 aromatic heterocycles. The molecule has 0 bridgehead atoms. The van der Waals surface area contributed by atoms with E-state index in [-0.39, 0.29) is 11.5 Å². The van der Waals surface area contributed by atoms with Gasteiger partial charge >= 0.3 is 0 Å². The third-order valence-electron chi connectivity index (χ3n) is 4.11. The second-order valence-corrected chi connectivity index (χ2v) is 7.57. The van der Waals surface area contributed by atoms with Gasteiger partial charge in [-0.25, -0.2) is 18.1 Å². The van der Waals surface area contributed by atoms with E-state index in [1.165, 1.54) is 0 Å². The normalized spacial score (nSPS) is 13.2. The lowest BCUT2D eigenvalue weighted by Gasteiger charge is -2.15. The fourth-order valence-electron chi connectivity index (χ4n) is 2.90. The summed E-state index contributed by atoms with van der Waals surface area (Å²) in [4.78, 5) is 4.82. The van der Waals surface area contributed by atoms with Crippen LogP contribution in [0.1, 0.15) is 31.3 Å². The zero-order valence-electron chi connectivity index (χ0n) is 14.2. The van der Waals surface area contributed by atoms with E-state index in [4.69, 9.17) is 0 Å². The molecule has 0 saturated heterocycles. The number of rotatable bonds is 6. The SMILES string of the molecule is CCn1c(C(C)NS(=O)(=O)c2ccccc2)nc2ccc(CO)cc21. The first-order valence-corrected chi connectivity index (χ1v) is 9.62. The van der Waals surface area contributed by atoms with Gasteiger partial charge in [0.05, 0.1) is 28.6 Å². The average molecular weight is 359 g/mol. The van der Waals surface area contributed by atoms with Crippen LogP contribution < -0.4 is 4.72 Å². The minimum Gasteiger partial charge on any atom is -0.392 e. The first-order chi connectivity index (χ1) is 12.0. The van der Waals surface area contributed by atoms with Crippen LogP contribution in [0.25, 0.3) is 11.0 Å². The summed E-state index contributed by atoms with van der Waals surface area (Å²) in [5.41, 5.74) is 2.46. The predicted octanol–water partition coefficient (Wildman–Crippen LogP) is 2.59. The van der Waals surface area contributed by atoms with Crippen molar-refractivity contribution in [3.05, 3.63) is 59.9 Å². The van der Waals surface area contributed by atoms with Gasteiger partial charge in [0.15, 0.2) is 0 Å². The Bertz CT molecular complexity index is 981. The molecule has 25 heavy (non-hydrogen) atoms. The molecule has 6 nitrogen and oxygen atoms in total. The number of imidazole rings is 1. The Balaban J connectivity index is 1.98. The Morgan fingerprint density at radius 2 is 1.92 bits per heavy atom. The van der Waals surface area contributed by atoms with Gasteiger partial charge in [-0.2, -0.15) is 0 Å². The maximum Gasteiger partial charge on any atom is 0.241 e. The first kappa shape index (κ1) is 17.6. The van der Waals surface area contributed by atoms with Gasteiger partial charge in [-0.15, -0.1) is 0 Å². The number of benzene rings is 2. The van der Waals surface area contributed by atoms with Gasteiger partial charge in [0.2, 0.25) is 10.0 Å². The second-order valence-electron chi connectivity index (χ2n) is 5.85. The summed E-state index contributed by atoms with van der Waals surface area (Å²) in [6.07, 6.45) is 0. The van der Waals surface area contributed by atoms with Gasteiger partial charge in [-0.1, -0.05) is 24.3 Å². The summed E-state index contributed by atoms with van der Waals surface area (Å²) in [7, 11) is -3.63. The molecular weight excluding hydrogens is 338 g/mol. The van der Waals surface area contributed by atoms with Crippen LogP contribution in [-0.4, -0.2) is 23.1 Å². The number of hydrogen-bond acceptors (Lipinski definition) is 4. The Morgan fingerprint density at radius 1 is 1.20 bits per heavy atom. The second kappa shape index (κ2) is 6.95. The number of nitrogens with zero attached hydrogens (tertiary/aromatic N) is 2. The zero-order chi connectivity index (χ0) is 18.0. The minimum absolute atomic E-state index is 0.0453. The van der Waals surface area contributed by atoms with E-state index in [9.17, 15) is 13.5 Å². The van der Waals surface area contributed by atoms with E-state index in [0.29, 0.717) is 12.4 Å². The molecule has 7 heteroatoms. The van der Waals surface area contributed by atoms with E-state index in [1.807, 2.05) is 29.7 Å². The third kappa shape index (κ3) is 3.44. The van der Waals surface area contributed by atoms with E-state index >= 15 is 0 Å². The molecule has 0 fully saturated rings. The standard InChI is InChI=1S/C18H21N3O3S/c1-3-21-17-11-14(12-22)9-10-16(17)19-18(21)13(2)20-25(23,24)15-7-5-4-6-8-15/h4-11,13,20,22H,3,12H2,1-2H3. The highest BCUT2D eigenvalue weighted by atomic mass is 32.2. The van der Waals surface area contributed by atoms with Crippen molar-refractivity contribution in [3.8, 4) is 0 Å². The summed E-state index contributed by atoms with van der Waals surface area (Å²) in [5.74, 6) is 0.645.